The average Bonchev–Trinajstić information content (AvgIpc) is 3.17. The maximum absolute atomic E-state index is 6.27. The first-order chi connectivity index (χ1) is 11.9. The van der Waals surface area contributed by atoms with Gasteiger partial charge >= 0.3 is 0 Å². The van der Waals surface area contributed by atoms with Crippen LogP contribution in [0.3, 0.4) is 0 Å². The van der Waals surface area contributed by atoms with Gasteiger partial charge in [-0.1, -0.05) is 13.8 Å². The average molecular weight is 348 g/mol. The molecule has 25 heavy (non-hydrogen) atoms. The summed E-state index contributed by atoms with van der Waals surface area (Å²) in [6.07, 6.45) is 2.17. The number of aromatic nitrogens is 4. The first-order valence-electron chi connectivity index (χ1n) is 8.53. The summed E-state index contributed by atoms with van der Waals surface area (Å²) in [5, 5.41) is 3.41. The second kappa shape index (κ2) is 5.87. The van der Waals surface area contributed by atoms with Gasteiger partial charge in [0.15, 0.2) is 23.5 Å². The number of hydrogen-bond donors (Lipinski definition) is 2. The fourth-order valence-corrected chi connectivity index (χ4v) is 3.46. The van der Waals surface area contributed by atoms with Gasteiger partial charge in [-0.05, 0) is 13.8 Å². The van der Waals surface area contributed by atoms with E-state index < -0.39 is 5.79 Å². The molecule has 2 aliphatic rings. The van der Waals surface area contributed by atoms with Gasteiger partial charge < -0.3 is 25.3 Å². The molecule has 2 aromatic rings. The highest BCUT2D eigenvalue weighted by atomic mass is 16.8. The normalized spacial score (nSPS) is 31.1. The van der Waals surface area contributed by atoms with E-state index in [1.165, 1.54) is 6.33 Å². The first-order valence-corrected chi connectivity index (χ1v) is 8.53. The smallest absolute Gasteiger partial charge is 0.167 e. The summed E-state index contributed by atoms with van der Waals surface area (Å²) in [5.74, 6) is -0.307. The van der Waals surface area contributed by atoms with Gasteiger partial charge in [0.1, 0.15) is 30.2 Å². The van der Waals surface area contributed by atoms with Crippen LogP contribution in [-0.4, -0.2) is 56.2 Å². The van der Waals surface area contributed by atoms with Crippen molar-refractivity contribution in [1.82, 2.24) is 24.8 Å². The summed E-state index contributed by atoms with van der Waals surface area (Å²) in [6, 6.07) is 0.359. The van der Waals surface area contributed by atoms with Gasteiger partial charge in [0.25, 0.3) is 0 Å². The summed E-state index contributed by atoms with van der Waals surface area (Å²) in [7, 11) is 0. The van der Waals surface area contributed by atoms with Crippen molar-refractivity contribution in [3.8, 4) is 0 Å². The van der Waals surface area contributed by atoms with Crippen LogP contribution in [0.2, 0.25) is 0 Å². The molecule has 2 aliphatic heterocycles. The summed E-state index contributed by atoms with van der Waals surface area (Å²) < 4.78 is 20.4. The largest absolute Gasteiger partial charge is 0.382 e. The minimum Gasteiger partial charge on any atom is -0.382 e. The quantitative estimate of drug-likeness (QED) is 0.836. The summed E-state index contributed by atoms with van der Waals surface area (Å²) in [6.45, 7) is 8.72. The van der Waals surface area contributed by atoms with Crippen LogP contribution >= 0.6 is 0 Å². The van der Waals surface area contributed by atoms with Crippen LogP contribution in [0.25, 0.3) is 11.2 Å². The molecule has 4 heterocycles. The zero-order chi connectivity index (χ0) is 17.8. The second-order valence-corrected chi connectivity index (χ2v) is 7.28. The Balaban J connectivity index is 1.67. The van der Waals surface area contributed by atoms with Crippen LogP contribution in [0, 0.1) is 0 Å². The molecule has 136 valence electrons. The maximum Gasteiger partial charge on any atom is 0.167 e. The lowest BCUT2D eigenvalue weighted by atomic mass is 10.1. The van der Waals surface area contributed by atoms with Crippen molar-refractivity contribution in [2.24, 2.45) is 0 Å². The minimum atomic E-state index is -0.655. The number of nitrogens with one attached hydrogen (secondary N) is 1. The lowest BCUT2D eigenvalue weighted by Crippen LogP contribution is -2.39. The molecule has 9 nitrogen and oxygen atoms in total. The Morgan fingerprint density at radius 2 is 2.00 bits per heavy atom. The molecule has 2 saturated heterocycles. The van der Waals surface area contributed by atoms with E-state index in [9.17, 15) is 0 Å². The number of imidazole rings is 1. The van der Waals surface area contributed by atoms with Crippen molar-refractivity contribution in [3.05, 3.63) is 12.7 Å². The number of nitrogen functional groups attached to an aromatic ring is 1. The number of anilines is 1. The van der Waals surface area contributed by atoms with E-state index in [2.05, 4.69) is 34.1 Å². The number of fused-ring (bicyclic) bond motifs is 2. The molecule has 0 amide bonds. The molecule has 9 heteroatoms. The third-order valence-electron chi connectivity index (χ3n) is 4.51. The van der Waals surface area contributed by atoms with Crippen LogP contribution < -0.4 is 11.1 Å². The predicted molar refractivity (Wildman–Crippen MR) is 90.6 cm³/mol. The predicted octanol–water partition coefficient (Wildman–Crippen LogP) is 0.824. The Kier molecular flexibility index (Phi) is 3.91. The van der Waals surface area contributed by atoms with Crippen molar-refractivity contribution in [2.45, 2.75) is 64.1 Å². The maximum atomic E-state index is 6.27. The molecule has 3 N–H and O–H groups in total. The molecule has 0 saturated carbocycles. The summed E-state index contributed by atoms with van der Waals surface area (Å²) in [5.41, 5.74) is 7.08. The standard InChI is InChI=1S/C16H24N6O3/c1-8(2)18-5-9-11-12(25-16(3,4)24-11)15(23-9)22-7-21-10-13(17)19-6-20-14(10)22/h6-9,11-12,15,18H,5H2,1-4H3,(H2,17,19,20)/t9-,11-,12?,15?/m1/s1. The van der Waals surface area contributed by atoms with Gasteiger partial charge in [0, 0.05) is 12.6 Å². The topological polar surface area (TPSA) is 109 Å². The van der Waals surface area contributed by atoms with Crippen LogP contribution in [0.15, 0.2) is 12.7 Å². The molecule has 2 unspecified atom stereocenters. The molecule has 4 rings (SSSR count). The number of rotatable bonds is 4. The Morgan fingerprint density at radius 3 is 2.76 bits per heavy atom. The summed E-state index contributed by atoms with van der Waals surface area (Å²) in [4.78, 5) is 12.6. The molecule has 2 fully saturated rings. The van der Waals surface area contributed by atoms with Crippen LogP contribution in [0.1, 0.15) is 33.9 Å². The molecule has 4 atom stereocenters. The molecule has 0 aromatic carbocycles. The van der Waals surface area contributed by atoms with Gasteiger partial charge in [-0.3, -0.25) is 4.57 Å². The Morgan fingerprint density at radius 1 is 1.24 bits per heavy atom. The Bertz CT molecular complexity index is 776. The Labute approximate surface area is 145 Å². The number of nitrogens with zero attached hydrogens (tertiary/aromatic N) is 4. The SMILES string of the molecule is CC(C)NC[C@H]1OC(n2cnc3c(N)ncnc32)C2OC(C)(C)O[C@@H]21. The van der Waals surface area contributed by atoms with Crippen molar-refractivity contribution in [2.75, 3.05) is 12.3 Å². The molecule has 2 aromatic heterocycles. The van der Waals surface area contributed by atoms with Crippen LogP contribution in [-0.2, 0) is 14.2 Å². The van der Waals surface area contributed by atoms with Crippen molar-refractivity contribution >= 4 is 17.0 Å². The molecule has 0 radical (unpaired) electrons. The zero-order valence-corrected chi connectivity index (χ0v) is 14.8. The van der Waals surface area contributed by atoms with Gasteiger partial charge in [-0.15, -0.1) is 0 Å². The molecule has 0 aliphatic carbocycles. The van der Waals surface area contributed by atoms with Crippen molar-refractivity contribution in [3.63, 3.8) is 0 Å². The molecular formula is C16H24N6O3. The third kappa shape index (κ3) is 2.86. The van der Waals surface area contributed by atoms with Crippen LogP contribution in [0.4, 0.5) is 5.82 Å². The van der Waals surface area contributed by atoms with Gasteiger partial charge in [0.05, 0.1) is 6.33 Å². The van der Waals surface area contributed by atoms with E-state index >= 15 is 0 Å². The van der Waals surface area contributed by atoms with E-state index in [0.29, 0.717) is 29.6 Å². The minimum absolute atomic E-state index is 0.129. The zero-order valence-electron chi connectivity index (χ0n) is 14.8. The molecular weight excluding hydrogens is 324 g/mol. The second-order valence-electron chi connectivity index (χ2n) is 7.28. The van der Waals surface area contributed by atoms with E-state index in [4.69, 9.17) is 19.9 Å². The fourth-order valence-electron chi connectivity index (χ4n) is 3.46. The highest BCUT2D eigenvalue weighted by Crippen LogP contribution is 2.43. The first kappa shape index (κ1) is 16.6. The number of hydrogen-bond acceptors (Lipinski definition) is 8. The molecule has 0 bridgehead atoms. The van der Waals surface area contributed by atoms with E-state index in [-0.39, 0.29) is 24.5 Å². The van der Waals surface area contributed by atoms with Crippen molar-refractivity contribution < 1.29 is 14.2 Å². The van der Waals surface area contributed by atoms with Crippen molar-refractivity contribution in [1.29, 1.82) is 0 Å². The lowest BCUT2D eigenvalue weighted by Gasteiger charge is -2.25. The fraction of sp³-hybridized carbons (Fsp3) is 0.688. The van der Waals surface area contributed by atoms with Gasteiger partial charge in [-0.2, -0.15) is 0 Å². The molecule has 0 spiro atoms. The van der Waals surface area contributed by atoms with Crippen LogP contribution in [0.5, 0.6) is 0 Å². The van der Waals surface area contributed by atoms with E-state index in [1.807, 2.05) is 18.4 Å². The van der Waals surface area contributed by atoms with Gasteiger partial charge in [-0.25, -0.2) is 15.0 Å². The monoisotopic (exact) mass is 348 g/mol. The Hall–Kier alpha value is -1.81. The van der Waals surface area contributed by atoms with E-state index in [0.717, 1.165) is 0 Å². The summed E-state index contributed by atoms with van der Waals surface area (Å²) >= 11 is 0. The van der Waals surface area contributed by atoms with E-state index in [1.54, 1.807) is 6.33 Å². The highest BCUT2D eigenvalue weighted by molar-refractivity contribution is 5.81. The highest BCUT2D eigenvalue weighted by Gasteiger charge is 2.55. The lowest BCUT2D eigenvalue weighted by molar-refractivity contribution is -0.195. The van der Waals surface area contributed by atoms with Gasteiger partial charge in [0.2, 0.25) is 0 Å². The third-order valence-corrected chi connectivity index (χ3v) is 4.51. The number of nitrogens with two attached hydrogens (primary N) is 1. The number of ether oxygens (including phenoxy) is 3.